The second kappa shape index (κ2) is 19.3. The van der Waals surface area contributed by atoms with Gasteiger partial charge in [0, 0.05) is 25.2 Å². The van der Waals surface area contributed by atoms with Crippen molar-refractivity contribution in [2.75, 3.05) is 19.7 Å². The molecule has 1 aliphatic heterocycles. The first-order valence-electron chi connectivity index (χ1n) is 18.7. The van der Waals surface area contributed by atoms with Gasteiger partial charge in [-0.2, -0.15) is 0 Å². The Balaban J connectivity index is 1.15. The van der Waals surface area contributed by atoms with Crippen LogP contribution in [0.4, 0.5) is 4.39 Å². The zero-order chi connectivity index (χ0) is 36.8. The molecule has 9 heteroatoms. The summed E-state index contributed by atoms with van der Waals surface area (Å²) in [5, 5.41) is 8.59. The lowest BCUT2D eigenvalue weighted by Crippen LogP contribution is -2.64. The fourth-order valence-electron chi connectivity index (χ4n) is 6.94. The van der Waals surface area contributed by atoms with E-state index in [1.807, 2.05) is 72.8 Å². The Labute approximate surface area is 317 Å². The molecule has 6 aromatic rings. The molecule has 278 valence electrons. The normalized spacial score (nSPS) is 18.8. The highest BCUT2D eigenvalue weighted by atomic mass is 19.1. The molecule has 1 fully saturated rings. The van der Waals surface area contributed by atoms with Gasteiger partial charge in [-0.3, -0.25) is 9.58 Å². The van der Waals surface area contributed by atoms with Gasteiger partial charge in [0.05, 0.1) is 51.4 Å². The molecule has 5 aromatic carbocycles. The van der Waals surface area contributed by atoms with Crippen molar-refractivity contribution in [1.82, 2.24) is 19.9 Å². The second-order valence-corrected chi connectivity index (χ2v) is 13.6. The second-order valence-electron chi connectivity index (χ2n) is 13.6. The van der Waals surface area contributed by atoms with Crippen LogP contribution < -0.4 is 0 Å². The zero-order valence-corrected chi connectivity index (χ0v) is 30.4. The third-order valence-electron chi connectivity index (χ3n) is 9.75. The van der Waals surface area contributed by atoms with Gasteiger partial charge in [-0.05, 0) is 40.8 Å². The number of likely N-dealkylation sites (tertiary alicyclic amines) is 1. The lowest BCUT2D eigenvalue weighted by atomic mass is 9.92. The maximum Gasteiger partial charge on any atom is 0.132 e. The number of piperidine rings is 1. The Morgan fingerprint density at radius 1 is 0.574 bits per heavy atom. The number of aryl methyl sites for hydroxylation is 1. The van der Waals surface area contributed by atoms with Crippen molar-refractivity contribution < 1.29 is 23.3 Å². The highest BCUT2D eigenvalue weighted by Crippen LogP contribution is 2.30. The maximum absolute atomic E-state index is 14.5. The molecule has 0 radical (unpaired) electrons. The van der Waals surface area contributed by atoms with Crippen LogP contribution in [0, 0.1) is 5.82 Å². The van der Waals surface area contributed by atoms with E-state index in [1.54, 1.807) is 29.1 Å². The maximum atomic E-state index is 14.5. The van der Waals surface area contributed by atoms with E-state index in [0.717, 1.165) is 35.2 Å². The SMILES string of the molecule is Fc1ccccc1-c1cn(CCCN2C[C@H](OCc3ccccc3)[C@@H](OCc3ccccc3)[C@H](OCc3ccccc3)[C@H]2COCc2ccccc2)nn1. The summed E-state index contributed by atoms with van der Waals surface area (Å²) in [6, 6.07) is 47.4. The summed E-state index contributed by atoms with van der Waals surface area (Å²) in [4.78, 5) is 2.42. The van der Waals surface area contributed by atoms with Gasteiger partial charge in [0.2, 0.25) is 0 Å². The van der Waals surface area contributed by atoms with Gasteiger partial charge < -0.3 is 18.9 Å². The van der Waals surface area contributed by atoms with Crippen LogP contribution in [0.15, 0.2) is 152 Å². The quantitative estimate of drug-likeness (QED) is 0.0886. The average Bonchev–Trinajstić information content (AvgIpc) is 3.69. The van der Waals surface area contributed by atoms with E-state index in [4.69, 9.17) is 18.9 Å². The van der Waals surface area contributed by atoms with Crippen LogP contribution in [0.2, 0.25) is 0 Å². The third kappa shape index (κ3) is 10.3. The van der Waals surface area contributed by atoms with E-state index in [2.05, 4.69) is 63.7 Å². The molecule has 0 unspecified atom stereocenters. The van der Waals surface area contributed by atoms with Crippen molar-refractivity contribution in [1.29, 1.82) is 0 Å². The van der Waals surface area contributed by atoms with Crippen molar-refractivity contribution >= 4 is 0 Å². The van der Waals surface area contributed by atoms with Crippen LogP contribution in [0.5, 0.6) is 0 Å². The molecule has 0 bridgehead atoms. The van der Waals surface area contributed by atoms with Gasteiger partial charge in [-0.1, -0.05) is 139 Å². The standard InChI is InChI=1S/C45H47FN4O4/c46-40-25-14-13-24-39(40)41-28-50(48-47-41)27-15-26-49-29-43(52-31-36-18-7-2-8-19-36)45(54-33-38-22-11-4-12-23-38)44(53-32-37-20-9-3-10-21-37)42(49)34-51-30-35-16-5-1-6-17-35/h1-14,16-25,28,42-45H,15,26-27,29-34H2/t42-,43+,44-,45-/m1/s1. The summed E-state index contributed by atoms with van der Waals surface area (Å²) in [7, 11) is 0. The molecule has 0 spiro atoms. The number of rotatable bonds is 18. The Kier molecular flexibility index (Phi) is 13.4. The predicted octanol–water partition coefficient (Wildman–Crippen LogP) is 8.13. The van der Waals surface area contributed by atoms with Crippen LogP contribution >= 0.6 is 0 Å². The summed E-state index contributed by atoms with van der Waals surface area (Å²) >= 11 is 0. The molecule has 0 N–H and O–H groups in total. The van der Waals surface area contributed by atoms with Crippen molar-refractivity contribution in [2.45, 2.75) is 63.7 Å². The fourth-order valence-corrected chi connectivity index (χ4v) is 6.94. The number of benzene rings is 5. The number of aromatic nitrogens is 3. The molecule has 0 aliphatic carbocycles. The van der Waals surface area contributed by atoms with Gasteiger partial charge >= 0.3 is 0 Å². The lowest BCUT2D eigenvalue weighted by molar-refractivity contribution is -0.210. The highest BCUT2D eigenvalue weighted by molar-refractivity contribution is 5.58. The smallest absolute Gasteiger partial charge is 0.132 e. The first kappa shape index (κ1) is 37.3. The summed E-state index contributed by atoms with van der Waals surface area (Å²) in [5.74, 6) is -0.316. The topological polar surface area (TPSA) is 70.9 Å². The first-order chi connectivity index (χ1) is 26.7. The summed E-state index contributed by atoms with van der Waals surface area (Å²) in [6.07, 6.45) is 1.52. The molecule has 4 atom stereocenters. The molecular weight excluding hydrogens is 680 g/mol. The van der Waals surface area contributed by atoms with Gasteiger partial charge in [-0.25, -0.2) is 4.39 Å². The third-order valence-corrected chi connectivity index (χ3v) is 9.75. The summed E-state index contributed by atoms with van der Waals surface area (Å²) in [5.41, 5.74) is 5.33. The Morgan fingerprint density at radius 3 is 1.69 bits per heavy atom. The molecule has 7 rings (SSSR count). The van der Waals surface area contributed by atoms with Gasteiger partial charge in [-0.15, -0.1) is 5.10 Å². The molecule has 2 heterocycles. The Morgan fingerprint density at radius 2 is 1.09 bits per heavy atom. The Hall–Kier alpha value is -5.03. The molecular formula is C45H47FN4O4. The van der Waals surface area contributed by atoms with Crippen LogP contribution in [0.1, 0.15) is 28.7 Å². The minimum atomic E-state index is -0.377. The Bertz CT molecular complexity index is 1970. The summed E-state index contributed by atoms with van der Waals surface area (Å²) in [6.45, 7) is 4.16. The van der Waals surface area contributed by atoms with Gasteiger partial charge in [0.15, 0.2) is 0 Å². The minimum Gasteiger partial charge on any atom is -0.375 e. The number of halogens is 1. The highest BCUT2D eigenvalue weighted by Gasteiger charge is 2.46. The van der Waals surface area contributed by atoms with Crippen LogP contribution in [0.3, 0.4) is 0 Å². The van der Waals surface area contributed by atoms with Crippen molar-refractivity contribution in [2.24, 2.45) is 0 Å². The van der Waals surface area contributed by atoms with E-state index in [0.29, 0.717) is 57.4 Å². The van der Waals surface area contributed by atoms with Crippen molar-refractivity contribution in [3.63, 3.8) is 0 Å². The lowest BCUT2D eigenvalue weighted by Gasteiger charge is -2.48. The minimum absolute atomic E-state index is 0.139. The average molecular weight is 727 g/mol. The largest absolute Gasteiger partial charge is 0.375 e. The molecule has 1 aliphatic rings. The molecule has 54 heavy (non-hydrogen) atoms. The number of hydrogen-bond acceptors (Lipinski definition) is 7. The molecule has 8 nitrogen and oxygen atoms in total. The van der Waals surface area contributed by atoms with E-state index in [1.165, 1.54) is 6.07 Å². The van der Waals surface area contributed by atoms with E-state index >= 15 is 0 Å². The monoisotopic (exact) mass is 726 g/mol. The van der Waals surface area contributed by atoms with E-state index in [-0.39, 0.29) is 30.2 Å². The zero-order valence-electron chi connectivity index (χ0n) is 30.4. The number of nitrogens with zero attached hydrogens (tertiary/aromatic N) is 4. The number of hydrogen-bond donors (Lipinski definition) is 0. The van der Waals surface area contributed by atoms with Gasteiger partial charge in [0.25, 0.3) is 0 Å². The predicted molar refractivity (Wildman–Crippen MR) is 207 cm³/mol. The molecule has 1 aromatic heterocycles. The van der Waals surface area contributed by atoms with Crippen molar-refractivity contribution in [3.05, 3.63) is 180 Å². The molecule has 0 saturated carbocycles. The molecule has 0 amide bonds. The van der Waals surface area contributed by atoms with Crippen LogP contribution in [-0.2, 0) is 51.9 Å². The van der Waals surface area contributed by atoms with Gasteiger partial charge in [0.1, 0.15) is 23.7 Å². The van der Waals surface area contributed by atoms with E-state index < -0.39 is 0 Å². The fraction of sp³-hybridized carbons (Fsp3) is 0.289. The van der Waals surface area contributed by atoms with Crippen LogP contribution in [0.25, 0.3) is 11.3 Å². The molecule has 1 saturated heterocycles. The van der Waals surface area contributed by atoms with Crippen LogP contribution in [-0.4, -0.2) is 63.9 Å². The number of ether oxygens (including phenoxy) is 4. The summed E-state index contributed by atoms with van der Waals surface area (Å²) < 4.78 is 43.4. The first-order valence-corrected chi connectivity index (χ1v) is 18.7. The van der Waals surface area contributed by atoms with Crippen molar-refractivity contribution in [3.8, 4) is 11.3 Å². The van der Waals surface area contributed by atoms with E-state index in [9.17, 15) is 4.39 Å².